The number of amides is 7. The fraction of sp³-hybridized carbons (Fsp3) is 0.375. The SMILES string of the molecule is CC(=O)N1CC[C@@H](NC(=O)C(=O)c2c(C)c(C(=O)Nc3ccc(F)c(C)c3)c(C)n2C)C1.Cc1cc(NC(=O)c2c(C)c(C(=O)C(=O)NC3CCN(c4cccnc4)CC3)n(C)c2C)ccc1F.Cc1cc(NC(=O)c2c(C)c(C(=O)C(=O)N[C@@H]3CCN(S(C)(=O)=O)C3)n(C)c2C)ccc1F. The molecule has 0 unspecified atom stereocenters. The van der Waals surface area contributed by atoms with E-state index in [2.05, 4.69) is 41.8 Å². The van der Waals surface area contributed by atoms with Crippen molar-refractivity contribution in [3.8, 4) is 0 Å². The number of piperidine rings is 1. The first-order chi connectivity index (χ1) is 47.5. The molecule has 3 aliphatic heterocycles. The minimum atomic E-state index is -3.37. The summed E-state index contributed by atoms with van der Waals surface area (Å²) in [6.45, 7) is 19.0. The number of hydrogen-bond acceptors (Lipinski definition) is 14. The molecule has 0 aliphatic carbocycles. The molecule has 7 amide bonds. The molecule has 3 aliphatic rings. The Bertz CT molecular complexity index is 4590. The molecule has 7 aromatic rings. The van der Waals surface area contributed by atoms with Gasteiger partial charge in [0, 0.05) is 126 Å². The highest BCUT2D eigenvalue weighted by atomic mass is 32.2. The van der Waals surface area contributed by atoms with Gasteiger partial charge in [-0.2, -0.15) is 0 Å². The Morgan fingerprint density at radius 2 is 0.822 bits per heavy atom. The van der Waals surface area contributed by atoms with E-state index < -0.39 is 68.9 Å². The molecule has 101 heavy (non-hydrogen) atoms. The number of Topliss-reactive ketones (excluding diaryl/α,β-unsaturated/α-hetero) is 3. The maximum Gasteiger partial charge on any atom is 0.294 e. The van der Waals surface area contributed by atoms with Gasteiger partial charge in [-0.1, -0.05) is 0 Å². The highest BCUT2D eigenvalue weighted by molar-refractivity contribution is 7.88. The van der Waals surface area contributed by atoms with Crippen molar-refractivity contribution in [3.05, 3.63) is 181 Å². The van der Waals surface area contributed by atoms with Gasteiger partial charge in [0.05, 0.1) is 51.9 Å². The first-order valence-electron chi connectivity index (χ1n) is 32.6. The van der Waals surface area contributed by atoms with Crippen LogP contribution in [0.15, 0.2) is 79.1 Å². The number of nitrogens with zero attached hydrogens (tertiary/aromatic N) is 7. The summed E-state index contributed by atoms with van der Waals surface area (Å²) < 4.78 is 69.8. The van der Waals surface area contributed by atoms with E-state index >= 15 is 0 Å². The number of carbonyl (C=O) groups is 10. The van der Waals surface area contributed by atoms with Gasteiger partial charge in [-0.3, -0.25) is 52.9 Å². The molecular weight excluding hydrogens is 1330 g/mol. The lowest BCUT2D eigenvalue weighted by atomic mass is 10.0. The molecule has 0 saturated carbocycles. The third-order valence-corrected chi connectivity index (χ3v) is 20.0. The average molecular weight is 1410 g/mol. The van der Waals surface area contributed by atoms with E-state index in [9.17, 15) is 69.5 Å². The van der Waals surface area contributed by atoms with Crippen LogP contribution in [0.3, 0.4) is 0 Å². The number of benzene rings is 3. The second-order valence-electron chi connectivity index (χ2n) is 25.7. The Kier molecular flexibility index (Phi) is 24.0. The topological polar surface area (TPSA) is 314 Å². The second-order valence-corrected chi connectivity index (χ2v) is 27.7. The quantitative estimate of drug-likeness (QED) is 0.0377. The van der Waals surface area contributed by atoms with E-state index in [0.29, 0.717) is 112 Å². The van der Waals surface area contributed by atoms with Crippen LogP contribution in [0.5, 0.6) is 0 Å². The minimum absolute atomic E-state index is 0.0726. The van der Waals surface area contributed by atoms with Gasteiger partial charge < -0.3 is 55.4 Å². The largest absolute Gasteiger partial charge is 0.370 e. The minimum Gasteiger partial charge on any atom is -0.370 e. The fourth-order valence-electron chi connectivity index (χ4n) is 12.9. The summed E-state index contributed by atoms with van der Waals surface area (Å²) in [6, 6.07) is 15.8. The Morgan fingerprint density at radius 3 is 1.14 bits per heavy atom. The summed E-state index contributed by atoms with van der Waals surface area (Å²) in [7, 11) is 1.49. The Labute approximate surface area is 583 Å². The molecular formula is C72H84F3N13O12S. The van der Waals surface area contributed by atoms with Gasteiger partial charge in [0.1, 0.15) is 17.5 Å². The van der Waals surface area contributed by atoms with E-state index in [1.807, 2.05) is 18.3 Å². The molecule has 29 heteroatoms. The number of hydrogen-bond donors (Lipinski definition) is 6. The van der Waals surface area contributed by atoms with Crippen LogP contribution in [-0.4, -0.2) is 159 Å². The van der Waals surface area contributed by atoms with Crippen molar-refractivity contribution in [1.82, 2.24) is 43.8 Å². The van der Waals surface area contributed by atoms with Crippen LogP contribution in [-0.2, 0) is 50.3 Å². The Hall–Kier alpha value is -10.6. The first-order valence-corrected chi connectivity index (χ1v) is 34.4. The number of halogens is 3. The monoisotopic (exact) mass is 1410 g/mol. The number of ketones is 3. The normalized spacial score (nSPS) is 15.3. The van der Waals surface area contributed by atoms with Crippen LogP contribution < -0.4 is 36.8 Å². The number of pyridine rings is 1. The predicted octanol–water partition coefficient (Wildman–Crippen LogP) is 7.64. The van der Waals surface area contributed by atoms with Gasteiger partial charge in [-0.05, 0) is 188 Å². The van der Waals surface area contributed by atoms with Gasteiger partial charge in [-0.25, -0.2) is 25.9 Å². The molecule has 10 rings (SSSR count). The third-order valence-electron chi connectivity index (χ3n) is 18.7. The molecule has 536 valence electrons. The Balaban J connectivity index is 0.000000193. The molecule has 0 bridgehead atoms. The summed E-state index contributed by atoms with van der Waals surface area (Å²) in [5.41, 5.74) is 7.47. The van der Waals surface area contributed by atoms with Crippen LogP contribution >= 0.6 is 0 Å². The van der Waals surface area contributed by atoms with E-state index in [1.165, 1.54) is 68.9 Å². The first kappa shape index (κ1) is 76.2. The number of carbonyl (C=O) groups excluding carboxylic acids is 10. The summed E-state index contributed by atoms with van der Waals surface area (Å²) in [4.78, 5) is 135. The molecule has 6 N–H and O–H groups in total. The molecule has 3 saturated heterocycles. The number of nitrogens with one attached hydrogen (secondary N) is 6. The summed E-state index contributed by atoms with van der Waals surface area (Å²) >= 11 is 0. The van der Waals surface area contributed by atoms with Crippen LogP contribution in [0, 0.1) is 79.8 Å². The second kappa shape index (κ2) is 31.8. The zero-order chi connectivity index (χ0) is 74.4. The summed E-state index contributed by atoms with van der Waals surface area (Å²) in [6.07, 6.45) is 7.05. The summed E-state index contributed by atoms with van der Waals surface area (Å²) in [5, 5.41) is 16.3. The maximum atomic E-state index is 13.6. The van der Waals surface area contributed by atoms with Crippen molar-refractivity contribution in [3.63, 3.8) is 0 Å². The molecule has 2 atom stereocenters. The zero-order valence-electron chi connectivity index (χ0n) is 58.9. The van der Waals surface area contributed by atoms with Crippen LogP contribution in [0.4, 0.5) is 35.9 Å². The number of likely N-dealkylation sites (tertiary alicyclic amines) is 1. The van der Waals surface area contributed by atoms with E-state index in [1.54, 1.807) is 105 Å². The highest BCUT2D eigenvalue weighted by Gasteiger charge is 2.36. The molecule has 3 aromatic carbocycles. The molecule has 0 spiro atoms. The number of sulfonamides is 1. The van der Waals surface area contributed by atoms with Crippen LogP contribution in [0.25, 0.3) is 0 Å². The lowest BCUT2D eigenvalue weighted by molar-refractivity contribution is -0.128. The van der Waals surface area contributed by atoms with Crippen LogP contribution in [0.2, 0.25) is 0 Å². The van der Waals surface area contributed by atoms with Gasteiger partial charge in [-0.15, -0.1) is 0 Å². The van der Waals surface area contributed by atoms with Crippen molar-refractivity contribution in [2.75, 3.05) is 66.4 Å². The molecule has 4 aromatic heterocycles. The number of anilines is 4. The lowest BCUT2D eigenvalue weighted by Crippen LogP contribution is -2.47. The third kappa shape index (κ3) is 17.4. The van der Waals surface area contributed by atoms with Gasteiger partial charge in [0.15, 0.2) is 0 Å². The maximum absolute atomic E-state index is 13.6. The fourth-order valence-corrected chi connectivity index (χ4v) is 13.7. The van der Waals surface area contributed by atoms with Gasteiger partial charge >= 0.3 is 0 Å². The molecule has 3 fully saturated rings. The standard InChI is InChI=1S/C27H30FN5O3.C23H27FN4O4.C22H27FN4O5S/c1-16-14-20(7-8-22(16)28)31-26(35)23-17(2)24(32(4)18(23)3)25(34)27(36)30-19-9-12-33(13-10-19)21-6-5-11-29-15-21;1-12-10-16(6-7-18(12)24)25-22(31)19-13(2)20(27(5)14(19)3)21(30)23(32)26-17-8-9-28(11-17)15(4)29;1-12-10-15(6-7-17(12)23)24-21(29)18-13(2)19(26(4)14(18)3)20(28)22(30)25-16-8-9-27(11-16)33(5,31)32/h5-8,11,14-15,19H,9-10,12-13H2,1-4H3,(H,30,36)(H,31,35);6-7,10,17H,8-9,11H2,1-5H3,(H,25,31)(H,26,32);6-7,10,16H,8-9,11H2,1-5H3,(H,24,29)(H,25,30)/t;17-;16-/m.11/s1. The smallest absolute Gasteiger partial charge is 0.294 e. The lowest BCUT2D eigenvalue weighted by Gasteiger charge is -2.33. The molecule has 0 radical (unpaired) electrons. The van der Waals surface area contributed by atoms with Gasteiger partial charge in [0.25, 0.3) is 52.8 Å². The number of aryl methyl sites for hydroxylation is 3. The molecule has 25 nitrogen and oxygen atoms in total. The van der Waals surface area contributed by atoms with Crippen molar-refractivity contribution < 1.29 is 69.5 Å². The van der Waals surface area contributed by atoms with E-state index in [-0.39, 0.29) is 76.7 Å². The van der Waals surface area contributed by atoms with E-state index in [0.717, 1.165) is 25.0 Å². The van der Waals surface area contributed by atoms with Crippen molar-refractivity contribution >= 4 is 91.5 Å². The molecule has 7 heterocycles. The number of rotatable bonds is 17. The van der Waals surface area contributed by atoms with E-state index in [4.69, 9.17) is 0 Å². The van der Waals surface area contributed by atoms with Crippen LogP contribution in [0.1, 0.15) is 146 Å². The predicted molar refractivity (Wildman–Crippen MR) is 374 cm³/mol. The number of aromatic nitrogens is 4. The summed E-state index contributed by atoms with van der Waals surface area (Å²) in [5.74, 6) is -7.10. The highest BCUT2D eigenvalue weighted by Crippen LogP contribution is 2.29. The van der Waals surface area contributed by atoms with Crippen molar-refractivity contribution in [2.45, 2.75) is 113 Å². The average Bonchev–Trinajstić information content (AvgIpc) is 1.64. The Morgan fingerprint density at radius 1 is 0.475 bits per heavy atom. The van der Waals surface area contributed by atoms with Crippen molar-refractivity contribution in [1.29, 1.82) is 0 Å². The van der Waals surface area contributed by atoms with Gasteiger partial charge in [0.2, 0.25) is 15.9 Å². The van der Waals surface area contributed by atoms with Crippen molar-refractivity contribution in [2.24, 2.45) is 21.1 Å². The zero-order valence-corrected chi connectivity index (χ0v) is 59.7.